The third-order valence-electron chi connectivity index (χ3n) is 2.52. The maximum Gasteiger partial charge on any atom is 0.317 e. The molecule has 0 spiro atoms. The molecule has 2 amide bonds. The van der Waals surface area contributed by atoms with Crippen molar-refractivity contribution in [2.24, 2.45) is 0 Å². The van der Waals surface area contributed by atoms with Crippen molar-refractivity contribution in [3.8, 4) is 5.75 Å². The van der Waals surface area contributed by atoms with Crippen molar-refractivity contribution in [2.75, 3.05) is 32.0 Å². The maximum absolute atomic E-state index is 13.3. The maximum atomic E-state index is 13.3. The zero-order valence-electron chi connectivity index (χ0n) is 9.28. The van der Waals surface area contributed by atoms with Crippen LogP contribution >= 0.6 is 0 Å². The number of ether oxygens (including phenoxy) is 1. The van der Waals surface area contributed by atoms with Crippen molar-refractivity contribution < 1.29 is 13.9 Å². The summed E-state index contributed by atoms with van der Waals surface area (Å²) < 4.78 is 18.6. The van der Waals surface area contributed by atoms with Crippen molar-refractivity contribution in [2.45, 2.75) is 0 Å². The van der Waals surface area contributed by atoms with Gasteiger partial charge in [-0.05, 0) is 12.1 Å². The lowest BCUT2D eigenvalue weighted by molar-refractivity contribution is 0.201. The van der Waals surface area contributed by atoms with Gasteiger partial charge in [-0.2, -0.15) is 0 Å². The normalized spacial score (nSPS) is 14.9. The third kappa shape index (κ3) is 2.77. The van der Waals surface area contributed by atoms with E-state index < -0.39 is 5.82 Å². The predicted molar refractivity (Wildman–Crippen MR) is 61.3 cm³/mol. The number of anilines is 1. The summed E-state index contributed by atoms with van der Waals surface area (Å²) in [5.74, 6) is -0.338. The number of nitrogens with one attached hydrogen (secondary N) is 1. The molecule has 0 bridgehead atoms. The summed E-state index contributed by atoms with van der Waals surface area (Å²) in [5.41, 5.74) is 5.77. The lowest BCUT2D eigenvalue weighted by atomic mass is 10.3. The molecule has 1 aromatic rings. The number of urea groups is 1. The van der Waals surface area contributed by atoms with Gasteiger partial charge in [0.2, 0.25) is 0 Å². The number of halogens is 1. The minimum atomic E-state index is -0.490. The first-order valence-electron chi connectivity index (χ1n) is 5.37. The van der Waals surface area contributed by atoms with Crippen molar-refractivity contribution in [1.82, 2.24) is 10.2 Å². The van der Waals surface area contributed by atoms with Crippen molar-refractivity contribution in [3.63, 3.8) is 0 Å². The second kappa shape index (κ2) is 4.90. The highest BCUT2D eigenvalue weighted by Gasteiger charge is 2.18. The Morgan fingerprint density at radius 1 is 1.53 bits per heavy atom. The Morgan fingerprint density at radius 2 is 2.35 bits per heavy atom. The number of carbonyl (C=O) groups is 1. The lowest BCUT2D eigenvalue weighted by Crippen LogP contribution is -2.31. The number of hydrogen-bond acceptors (Lipinski definition) is 3. The minimum absolute atomic E-state index is 0.105. The molecular weight excluding hydrogens is 225 g/mol. The molecule has 17 heavy (non-hydrogen) atoms. The smallest absolute Gasteiger partial charge is 0.317 e. The number of nitrogen functional groups attached to an aromatic ring is 1. The molecule has 6 heteroatoms. The van der Waals surface area contributed by atoms with Crippen LogP contribution in [0.4, 0.5) is 14.9 Å². The van der Waals surface area contributed by atoms with Gasteiger partial charge < -0.3 is 20.7 Å². The van der Waals surface area contributed by atoms with E-state index in [0.29, 0.717) is 25.3 Å². The van der Waals surface area contributed by atoms with Gasteiger partial charge in [0, 0.05) is 24.8 Å². The van der Waals surface area contributed by atoms with E-state index in [2.05, 4.69) is 5.32 Å². The molecule has 3 N–H and O–H groups in total. The molecular formula is C11H14FN3O2. The van der Waals surface area contributed by atoms with E-state index in [1.54, 1.807) is 11.0 Å². The molecule has 92 valence electrons. The average molecular weight is 239 g/mol. The highest BCUT2D eigenvalue weighted by molar-refractivity contribution is 5.76. The highest BCUT2D eigenvalue weighted by atomic mass is 19.1. The number of carbonyl (C=O) groups excluding carboxylic acids is 1. The predicted octanol–water partition coefficient (Wildman–Crippen LogP) is 0.812. The summed E-state index contributed by atoms with van der Waals surface area (Å²) in [4.78, 5) is 12.8. The van der Waals surface area contributed by atoms with E-state index in [4.69, 9.17) is 10.5 Å². The number of nitrogens with two attached hydrogens (primary N) is 1. The summed E-state index contributed by atoms with van der Waals surface area (Å²) >= 11 is 0. The monoisotopic (exact) mass is 239 g/mol. The summed E-state index contributed by atoms with van der Waals surface area (Å²) in [5, 5.41) is 2.68. The van der Waals surface area contributed by atoms with Crippen LogP contribution in [0.1, 0.15) is 0 Å². The van der Waals surface area contributed by atoms with Crippen LogP contribution in [-0.2, 0) is 0 Å². The van der Waals surface area contributed by atoms with Crippen molar-refractivity contribution in [1.29, 1.82) is 0 Å². The number of nitrogens with zero attached hydrogens (tertiary/aromatic N) is 1. The van der Waals surface area contributed by atoms with E-state index >= 15 is 0 Å². The molecule has 0 aromatic heterocycles. The Labute approximate surface area is 98.3 Å². The van der Waals surface area contributed by atoms with Gasteiger partial charge in [0.05, 0.1) is 6.54 Å². The summed E-state index contributed by atoms with van der Waals surface area (Å²) in [7, 11) is 0. The third-order valence-corrected chi connectivity index (χ3v) is 2.52. The Hall–Kier alpha value is -1.98. The molecule has 0 saturated carbocycles. The van der Waals surface area contributed by atoms with Crippen LogP contribution in [0.2, 0.25) is 0 Å². The van der Waals surface area contributed by atoms with Crippen LogP contribution < -0.4 is 15.8 Å². The number of amides is 2. The van der Waals surface area contributed by atoms with Gasteiger partial charge in [-0.3, -0.25) is 0 Å². The van der Waals surface area contributed by atoms with E-state index in [-0.39, 0.29) is 18.4 Å². The molecule has 0 unspecified atom stereocenters. The summed E-state index contributed by atoms with van der Waals surface area (Å²) in [6.07, 6.45) is 0. The topological polar surface area (TPSA) is 67.6 Å². The number of hydrogen-bond donors (Lipinski definition) is 2. The summed E-state index contributed by atoms with van der Waals surface area (Å²) in [6, 6.07) is 4.15. The highest BCUT2D eigenvalue weighted by Crippen LogP contribution is 2.19. The fraction of sp³-hybridized carbons (Fsp3) is 0.364. The quantitative estimate of drug-likeness (QED) is 0.764. The molecule has 1 fully saturated rings. The Bertz CT molecular complexity index is 425. The molecule has 5 nitrogen and oxygen atoms in total. The van der Waals surface area contributed by atoms with Crippen LogP contribution in [0, 0.1) is 5.82 Å². The second-order valence-corrected chi connectivity index (χ2v) is 3.76. The van der Waals surface area contributed by atoms with Gasteiger partial charge in [0.1, 0.15) is 6.61 Å². The Morgan fingerprint density at radius 3 is 3.00 bits per heavy atom. The van der Waals surface area contributed by atoms with Gasteiger partial charge in [0.15, 0.2) is 11.6 Å². The summed E-state index contributed by atoms with van der Waals surface area (Å²) in [6.45, 7) is 2.01. The number of rotatable bonds is 4. The first-order valence-corrected chi connectivity index (χ1v) is 5.37. The zero-order valence-corrected chi connectivity index (χ0v) is 9.28. The van der Waals surface area contributed by atoms with Crippen molar-refractivity contribution in [3.05, 3.63) is 24.0 Å². The fourth-order valence-electron chi connectivity index (χ4n) is 1.62. The van der Waals surface area contributed by atoms with E-state index in [0.717, 1.165) is 0 Å². The standard InChI is InChI=1S/C11H14FN3O2/c12-9-7-8(13)1-2-10(9)17-6-5-15-4-3-14-11(15)16/h1-2,7H,3-6,13H2,(H,14,16). The van der Waals surface area contributed by atoms with Gasteiger partial charge in [-0.15, -0.1) is 0 Å². The van der Waals surface area contributed by atoms with E-state index in [1.165, 1.54) is 12.1 Å². The second-order valence-electron chi connectivity index (χ2n) is 3.76. The molecule has 1 aliphatic rings. The van der Waals surface area contributed by atoms with Crippen molar-refractivity contribution >= 4 is 11.7 Å². The largest absolute Gasteiger partial charge is 0.489 e. The first-order chi connectivity index (χ1) is 8.16. The fourth-order valence-corrected chi connectivity index (χ4v) is 1.62. The van der Waals surface area contributed by atoms with Crippen LogP contribution in [-0.4, -0.2) is 37.2 Å². The van der Waals surface area contributed by atoms with Gasteiger partial charge in [-0.1, -0.05) is 0 Å². The van der Waals surface area contributed by atoms with Gasteiger partial charge in [-0.25, -0.2) is 9.18 Å². The zero-order chi connectivity index (χ0) is 12.3. The molecule has 0 radical (unpaired) electrons. The molecule has 1 saturated heterocycles. The van der Waals surface area contributed by atoms with E-state index in [1.807, 2.05) is 0 Å². The molecule has 2 rings (SSSR count). The van der Waals surface area contributed by atoms with Crippen LogP contribution in [0.5, 0.6) is 5.75 Å². The molecule has 0 aliphatic carbocycles. The van der Waals surface area contributed by atoms with Gasteiger partial charge in [0.25, 0.3) is 0 Å². The van der Waals surface area contributed by atoms with Crippen LogP contribution in [0.3, 0.4) is 0 Å². The van der Waals surface area contributed by atoms with Crippen LogP contribution in [0.15, 0.2) is 18.2 Å². The van der Waals surface area contributed by atoms with Crippen LogP contribution in [0.25, 0.3) is 0 Å². The molecule has 0 atom stereocenters. The lowest BCUT2D eigenvalue weighted by Gasteiger charge is -2.14. The Balaban J connectivity index is 1.83. The minimum Gasteiger partial charge on any atom is -0.489 e. The average Bonchev–Trinajstić information content (AvgIpc) is 2.68. The molecule has 1 aliphatic heterocycles. The first kappa shape index (κ1) is 11.5. The van der Waals surface area contributed by atoms with E-state index in [9.17, 15) is 9.18 Å². The molecule has 1 heterocycles. The SMILES string of the molecule is Nc1ccc(OCCN2CCNC2=O)c(F)c1. The Kier molecular flexibility index (Phi) is 3.32. The molecule has 1 aromatic carbocycles. The number of benzene rings is 1. The van der Waals surface area contributed by atoms with Gasteiger partial charge >= 0.3 is 6.03 Å².